The van der Waals surface area contributed by atoms with Crippen LogP contribution in [0.4, 0.5) is 0 Å². The summed E-state index contributed by atoms with van der Waals surface area (Å²) in [6, 6.07) is 13.1. The Morgan fingerprint density at radius 1 is 1.24 bits per heavy atom. The molecule has 1 atom stereocenters. The zero-order chi connectivity index (χ0) is 17.5. The van der Waals surface area contributed by atoms with Crippen molar-refractivity contribution in [3.63, 3.8) is 0 Å². The number of aliphatic imine (C=N–C) groups is 1. The average Bonchev–Trinajstić information content (AvgIpc) is 3.12. The first-order valence-corrected chi connectivity index (χ1v) is 9.99. The molecule has 4 nitrogen and oxygen atoms in total. The molecule has 0 fully saturated rings. The summed E-state index contributed by atoms with van der Waals surface area (Å²) in [7, 11) is 0. The minimum atomic E-state index is 0.480. The Morgan fingerprint density at radius 2 is 2.08 bits per heavy atom. The summed E-state index contributed by atoms with van der Waals surface area (Å²) in [6.07, 6.45) is 1.18. The van der Waals surface area contributed by atoms with Crippen LogP contribution in [0, 0.1) is 0 Å². The van der Waals surface area contributed by atoms with Crippen LogP contribution in [-0.2, 0) is 19.5 Å². The van der Waals surface area contributed by atoms with Gasteiger partial charge < -0.3 is 10.6 Å². The molecular weight excluding hydrogens is 328 g/mol. The molecule has 2 N–H and O–H groups in total. The monoisotopic (exact) mass is 356 g/mol. The number of guanidine groups is 1. The molecule has 5 heteroatoms. The number of benzene rings is 1. The lowest BCUT2D eigenvalue weighted by molar-refractivity contribution is 0.192. The zero-order valence-electron chi connectivity index (χ0n) is 15.2. The van der Waals surface area contributed by atoms with Gasteiger partial charge in [0.15, 0.2) is 5.96 Å². The lowest BCUT2D eigenvalue weighted by atomic mass is 10.1. The standard InChI is InChI=1S/C20H28N4S/c1-3-21-20(23-14-17-7-5-4-6-8-17)22-13-16(2)24-11-9-19-18(15-24)10-12-25-19/h4-8,10,12,16H,3,9,11,13-15H2,1-2H3,(H2,21,22,23). The van der Waals surface area contributed by atoms with Gasteiger partial charge in [-0.1, -0.05) is 30.3 Å². The molecule has 0 saturated heterocycles. The molecule has 0 radical (unpaired) electrons. The van der Waals surface area contributed by atoms with Gasteiger partial charge in [-0.2, -0.15) is 0 Å². The van der Waals surface area contributed by atoms with Gasteiger partial charge in [-0.15, -0.1) is 11.3 Å². The van der Waals surface area contributed by atoms with Crippen molar-refractivity contribution in [2.75, 3.05) is 19.6 Å². The van der Waals surface area contributed by atoms with Crippen LogP contribution >= 0.6 is 11.3 Å². The van der Waals surface area contributed by atoms with E-state index >= 15 is 0 Å². The molecule has 134 valence electrons. The van der Waals surface area contributed by atoms with Gasteiger partial charge in [0.25, 0.3) is 0 Å². The predicted molar refractivity (Wildman–Crippen MR) is 107 cm³/mol. The number of fused-ring (bicyclic) bond motifs is 1. The Bertz CT molecular complexity index is 680. The first-order valence-electron chi connectivity index (χ1n) is 9.11. The molecule has 0 aliphatic carbocycles. The quantitative estimate of drug-likeness (QED) is 0.616. The summed E-state index contributed by atoms with van der Waals surface area (Å²) in [5.41, 5.74) is 2.74. The molecule has 0 bridgehead atoms. The van der Waals surface area contributed by atoms with E-state index in [-0.39, 0.29) is 0 Å². The van der Waals surface area contributed by atoms with Gasteiger partial charge in [-0.05, 0) is 42.8 Å². The number of hydrogen-bond acceptors (Lipinski definition) is 3. The molecule has 0 amide bonds. The van der Waals surface area contributed by atoms with Crippen LogP contribution in [0.3, 0.4) is 0 Å². The molecule has 3 rings (SSSR count). The van der Waals surface area contributed by atoms with Crippen molar-refractivity contribution in [2.45, 2.75) is 39.4 Å². The number of rotatable bonds is 6. The fourth-order valence-corrected chi connectivity index (χ4v) is 4.01. The number of thiophene rings is 1. The highest BCUT2D eigenvalue weighted by Crippen LogP contribution is 2.24. The van der Waals surface area contributed by atoms with Crippen LogP contribution in [-0.4, -0.2) is 36.5 Å². The zero-order valence-corrected chi connectivity index (χ0v) is 16.0. The maximum absolute atomic E-state index is 4.71. The van der Waals surface area contributed by atoms with E-state index < -0.39 is 0 Å². The molecule has 0 spiro atoms. The summed E-state index contributed by atoms with van der Waals surface area (Å²) in [5, 5.41) is 9.07. The van der Waals surface area contributed by atoms with Crippen LogP contribution in [0.25, 0.3) is 0 Å². The van der Waals surface area contributed by atoms with E-state index in [2.05, 4.69) is 65.1 Å². The van der Waals surface area contributed by atoms with Crippen molar-refractivity contribution in [1.82, 2.24) is 15.5 Å². The van der Waals surface area contributed by atoms with E-state index in [1.165, 1.54) is 17.5 Å². The lowest BCUT2D eigenvalue weighted by Gasteiger charge is -2.32. The molecule has 25 heavy (non-hydrogen) atoms. The third-order valence-corrected chi connectivity index (χ3v) is 5.66. The van der Waals surface area contributed by atoms with Crippen LogP contribution in [0.5, 0.6) is 0 Å². The molecule has 1 aromatic carbocycles. The van der Waals surface area contributed by atoms with Gasteiger partial charge in [-0.3, -0.25) is 4.90 Å². The predicted octanol–water partition coefficient (Wildman–Crippen LogP) is 3.25. The second kappa shape index (κ2) is 9.02. The van der Waals surface area contributed by atoms with Crippen molar-refractivity contribution < 1.29 is 0 Å². The molecular formula is C20H28N4S. The molecule has 1 unspecified atom stereocenters. The Balaban J connectivity index is 1.52. The fraction of sp³-hybridized carbons (Fsp3) is 0.450. The summed E-state index contributed by atoms with van der Waals surface area (Å²) < 4.78 is 0. The van der Waals surface area contributed by atoms with Gasteiger partial charge in [0, 0.05) is 37.1 Å². The van der Waals surface area contributed by atoms with Gasteiger partial charge >= 0.3 is 0 Å². The highest BCUT2D eigenvalue weighted by atomic mass is 32.1. The van der Waals surface area contributed by atoms with E-state index in [4.69, 9.17) is 4.99 Å². The minimum Gasteiger partial charge on any atom is -0.357 e. The maximum atomic E-state index is 4.71. The minimum absolute atomic E-state index is 0.480. The van der Waals surface area contributed by atoms with Crippen molar-refractivity contribution in [3.8, 4) is 0 Å². The topological polar surface area (TPSA) is 39.7 Å². The largest absolute Gasteiger partial charge is 0.357 e. The number of nitrogens with one attached hydrogen (secondary N) is 2. The van der Waals surface area contributed by atoms with E-state index in [0.717, 1.165) is 32.1 Å². The third kappa shape index (κ3) is 5.06. The number of nitrogens with zero attached hydrogens (tertiary/aromatic N) is 2. The second-order valence-electron chi connectivity index (χ2n) is 6.50. The second-order valence-corrected chi connectivity index (χ2v) is 7.50. The van der Waals surface area contributed by atoms with Crippen LogP contribution in [0.2, 0.25) is 0 Å². The Hall–Kier alpha value is -1.85. The van der Waals surface area contributed by atoms with E-state index in [0.29, 0.717) is 12.6 Å². The summed E-state index contributed by atoms with van der Waals surface area (Å²) >= 11 is 1.90. The van der Waals surface area contributed by atoms with E-state index in [1.54, 1.807) is 4.88 Å². The van der Waals surface area contributed by atoms with Crippen molar-refractivity contribution >= 4 is 17.3 Å². The molecule has 2 aromatic rings. The van der Waals surface area contributed by atoms with Crippen molar-refractivity contribution in [3.05, 3.63) is 57.8 Å². The van der Waals surface area contributed by atoms with Gasteiger partial charge in [-0.25, -0.2) is 4.99 Å². The highest BCUT2D eigenvalue weighted by molar-refractivity contribution is 7.10. The fourth-order valence-electron chi connectivity index (χ4n) is 3.12. The third-order valence-electron chi connectivity index (χ3n) is 4.63. The lowest BCUT2D eigenvalue weighted by Crippen LogP contribution is -2.47. The summed E-state index contributed by atoms with van der Waals surface area (Å²) in [5.74, 6) is 0.895. The van der Waals surface area contributed by atoms with E-state index in [1.807, 2.05) is 17.4 Å². The molecule has 1 aliphatic heterocycles. The van der Waals surface area contributed by atoms with Gasteiger partial charge in [0.2, 0.25) is 0 Å². The summed E-state index contributed by atoms with van der Waals surface area (Å²) in [4.78, 5) is 8.83. The van der Waals surface area contributed by atoms with E-state index in [9.17, 15) is 0 Å². The van der Waals surface area contributed by atoms with Crippen LogP contribution in [0.15, 0.2) is 46.8 Å². The normalized spacial score (nSPS) is 16.3. The van der Waals surface area contributed by atoms with Crippen molar-refractivity contribution in [1.29, 1.82) is 0 Å². The molecule has 2 heterocycles. The van der Waals surface area contributed by atoms with Crippen LogP contribution in [0.1, 0.15) is 29.9 Å². The molecule has 1 aromatic heterocycles. The van der Waals surface area contributed by atoms with Crippen LogP contribution < -0.4 is 10.6 Å². The summed E-state index contributed by atoms with van der Waals surface area (Å²) in [6.45, 7) is 9.09. The maximum Gasteiger partial charge on any atom is 0.191 e. The van der Waals surface area contributed by atoms with Gasteiger partial charge in [0.05, 0.1) is 6.54 Å². The SMILES string of the molecule is CCNC(=NCc1ccccc1)NCC(C)N1CCc2sccc2C1. The Labute approximate surface area is 155 Å². The Kier molecular flexibility index (Phi) is 6.48. The first kappa shape index (κ1) is 18.0. The Morgan fingerprint density at radius 3 is 2.88 bits per heavy atom. The molecule has 1 aliphatic rings. The average molecular weight is 357 g/mol. The number of hydrogen-bond donors (Lipinski definition) is 2. The smallest absolute Gasteiger partial charge is 0.191 e. The highest BCUT2D eigenvalue weighted by Gasteiger charge is 2.21. The van der Waals surface area contributed by atoms with Crippen molar-refractivity contribution in [2.24, 2.45) is 4.99 Å². The molecule has 0 saturated carbocycles. The van der Waals surface area contributed by atoms with Gasteiger partial charge in [0.1, 0.15) is 0 Å². The first-order chi connectivity index (χ1) is 12.3.